The second-order valence-electron chi connectivity index (χ2n) is 7.69. The molecule has 3 rings (SSSR count). The van der Waals surface area contributed by atoms with Crippen LogP contribution in [0.5, 0.6) is 0 Å². The van der Waals surface area contributed by atoms with Gasteiger partial charge in [-0.1, -0.05) is 12.1 Å². The maximum atomic E-state index is 9.12. The highest BCUT2D eigenvalue weighted by Gasteiger charge is 2.30. The molecule has 0 saturated carbocycles. The molecule has 0 amide bonds. The minimum atomic E-state index is -1.68. The first-order valence-corrected chi connectivity index (χ1v) is 11.2. The predicted octanol–water partition coefficient (Wildman–Crippen LogP) is 7.46. The minimum absolute atomic E-state index is 0.0318. The van der Waals surface area contributed by atoms with Gasteiger partial charge in [0.15, 0.2) is 0 Å². The van der Waals surface area contributed by atoms with E-state index in [-0.39, 0.29) is 6.42 Å². The maximum absolute atomic E-state index is 9.12. The van der Waals surface area contributed by atoms with E-state index >= 15 is 0 Å². The number of nitriles is 3. The van der Waals surface area contributed by atoms with E-state index in [4.69, 9.17) is 15.8 Å². The molecule has 0 atom stereocenters. The summed E-state index contributed by atoms with van der Waals surface area (Å²) in [6, 6.07) is 27.5. The van der Waals surface area contributed by atoms with Gasteiger partial charge in [0.2, 0.25) is 5.41 Å². The van der Waals surface area contributed by atoms with Crippen LogP contribution < -0.4 is 4.90 Å². The lowest BCUT2D eigenvalue weighted by Gasteiger charge is -2.20. The number of anilines is 1. The molecule has 0 heterocycles. The smallest absolute Gasteiger partial charge is 0.232 e. The fourth-order valence-electron chi connectivity index (χ4n) is 3.32. The predicted molar refractivity (Wildman–Crippen MR) is 134 cm³/mol. The molecule has 0 aliphatic rings. The van der Waals surface area contributed by atoms with Crippen molar-refractivity contribution in [2.45, 2.75) is 20.3 Å². The summed E-state index contributed by atoms with van der Waals surface area (Å²) in [4.78, 5) is 2.27. The van der Waals surface area contributed by atoms with Gasteiger partial charge in [-0.2, -0.15) is 36.2 Å². The number of nitrogens with zero attached hydrogens (tertiary/aromatic N) is 8. The third kappa shape index (κ3) is 6.57. The molecule has 172 valence electrons. The highest BCUT2D eigenvalue weighted by molar-refractivity contribution is 5.53. The van der Waals surface area contributed by atoms with Crippen LogP contribution in [0.25, 0.3) is 0 Å². The molecule has 0 spiro atoms. The van der Waals surface area contributed by atoms with Crippen molar-refractivity contribution >= 4 is 28.4 Å². The van der Waals surface area contributed by atoms with Crippen LogP contribution in [0.15, 0.2) is 93.3 Å². The molecule has 0 aliphatic carbocycles. The Morgan fingerprint density at radius 1 is 0.600 bits per heavy atom. The van der Waals surface area contributed by atoms with Crippen molar-refractivity contribution in [3.8, 4) is 18.2 Å². The molecule has 0 bridgehead atoms. The second-order valence-corrected chi connectivity index (χ2v) is 7.69. The van der Waals surface area contributed by atoms with E-state index < -0.39 is 5.41 Å². The molecule has 8 heteroatoms. The summed E-state index contributed by atoms with van der Waals surface area (Å²) in [5.41, 5.74) is 2.94. The minimum Gasteiger partial charge on any atom is -0.372 e. The number of hydrogen-bond donors (Lipinski definition) is 0. The molecule has 0 aliphatic heterocycles. The van der Waals surface area contributed by atoms with Gasteiger partial charge >= 0.3 is 0 Å². The van der Waals surface area contributed by atoms with Gasteiger partial charge in [0.25, 0.3) is 0 Å². The fourth-order valence-corrected chi connectivity index (χ4v) is 3.32. The summed E-state index contributed by atoms with van der Waals surface area (Å²) in [6.45, 7) is 6.18. The van der Waals surface area contributed by atoms with Crippen LogP contribution >= 0.6 is 0 Å². The van der Waals surface area contributed by atoms with Crippen LogP contribution in [0.1, 0.15) is 19.4 Å². The van der Waals surface area contributed by atoms with Crippen LogP contribution in [0.4, 0.5) is 28.4 Å². The topological polar surface area (TPSA) is 124 Å². The molecule has 0 fully saturated rings. The Balaban J connectivity index is 1.60. The highest BCUT2D eigenvalue weighted by Crippen LogP contribution is 2.26. The molecule has 0 unspecified atom stereocenters. The van der Waals surface area contributed by atoms with Crippen molar-refractivity contribution in [3.05, 3.63) is 78.4 Å². The first kappa shape index (κ1) is 24.8. The zero-order valence-corrected chi connectivity index (χ0v) is 19.6. The van der Waals surface area contributed by atoms with Crippen molar-refractivity contribution in [1.82, 2.24) is 0 Å². The van der Waals surface area contributed by atoms with E-state index in [1.54, 1.807) is 54.6 Å². The monoisotopic (exact) mass is 460 g/mol. The summed E-state index contributed by atoms with van der Waals surface area (Å²) in [6.07, 6.45) is 0.0318. The van der Waals surface area contributed by atoms with Crippen LogP contribution in [0.3, 0.4) is 0 Å². The SMILES string of the molecule is CCN(CC)c1ccc(N=Nc2ccc(N=Nc3ccc(CC(C#N)(C#N)C#N)cc3)cc2)cc1. The lowest BCUT2D eigenvalue weighted by molar-refractivity contribution is 0.673. The third-order valence-corrected chi connectivity index (χ3v) is 5.37. The lowest BCUT2D eigenvalue weighted by Crippen LogP contribution is -2.21. The summed E-state index contributed by atoms with van der Waals surface area (Å²) in [7, 11) is 0. The fraction of sp³-hybridized carbons (Fsp3) is 0.222. The van der Waals surface area contributed by atoms with Crippen LogP contribution in [-0.2, 0) is 6.42 Å². The summed E-state index contributed by atoms with van der Waals surface area (Å²) in [5, 5.41) is 44.4. The quantitative estimate of drug-likeness (QED) is 0.307. The Bertz CT molecular complexity index is 1260. The van der Waals surface area contributed by atoms with Gasteiger partial charge in [-0.25, -0.2) is 0 Å². The van der Waals surface area contributed by atoms with E-state index in [0.717, 1.165) is 24.5 Å². The molecule has 0 N–H and O–H groups in total. The maximum Gasteiger partial charge on any atom is 0.232 e. The Morgan fingerprint density at radius 2 is 0.943 bits per heavy atom. The number of rotatable bonds is 9. The van der Waals surface area contributed by atoms with E-state index in [1.165, 1.54) is 0 Å². The summed E-state index contributed by atoms with van der Waals surface area (Å²) < 4.78 is 0. The van der Waals surface area contributed by atoms with Crippen molar-refractivity contribution in [3.63, 3.8) is 0 Å². The molecule has 35 heavy (non-hydrogen) atoms. The molecule has 3 aromatic carbocycles. The van der Waals surface area contributed by atoms with Gasteiger partial charge in [0, 0.05) is 25.2 Å². The first-order chi connectivity index (χ1) is 17.0. The highest BCUT2D eigenvalue weighted by atomic mass is 15.1. The number of azo groups is 2. The van der Waals surface area contributed by atoms with E-state index in [2.05, 4.69) is 39.2 Å². The average molecular weight is 461 g/mol. The summed E-state index contributed by atoms with van der Waals surface area (Å²) >= 11 is 0. The van der Waals surface area contributed by atoms with Crippen molar-refractivity contribution in [2.24, 2.45) is 25.9 Å². The van der Waals surface area contributed by atoms with Gasteiger partial charge in [0.1, 0.15) is 18.2 Å². The van der Waals surface area contributed by atoms with Crippen molar-refractivity contribution in [2.75, 3.05) is 18.0 Å². The number of hydrogen-bond acceptors (Lipinski definition) is 8. The van der Waals surface area contributed by atoms with Gasteiger partial charge in [-0.3, -0.25) is 0 Å². The summed E-state index contributed by atoms with van der Waals surface area (Å²) in [5.74, 6) is 0. The van der Waals surface area contributed by atoms with Gasteiger partial charge in [0.05, 0.1) is 22.7 Å². The standard InChI is InChI=1S/C27H24N8/c1-3-35(4-2)26-15-13-25(14-16-26)34-33-24-11-9-23(10-12-24)32-31-22-7-5-21(6-8-22)17-27(18-28,19-29)20-30/h5-16H,3-4,17H2,1-2H3. The molecule has 0 radical (unpaired) electrons. The van der Waals surface area contributed by atoms with E-state index in [9.17, 15) is 0 Å². The average Bonchev–Trinajstić information content (AvgIpc) is 2.92. The molecule has 3 aromatic rings. The molecule has 0 aromatic heterocycles. The molecule has 0 saturated heterocycles. The third-order valence-electron chi connectivity index (χ3n) is 5.37. The number of benzene rings is 3. The molecule has 8 nitrogen and oxygen atoms in total. The normalized spacial score (nSPS) is 11.2. The van der Waals surface area contributed by atoms with Crippen molar-refractivity contribution < 1.29 is 0 Å². The second kappa shape index (κ2) is 11.8. The molecular formula is C27H24N8. The Labute approximate surface area is 205 Å². The van der Waals surface area contributed by atoms with Crippen LogP contribution in [0.2, 0.25) is 0 Å². The first-order valence-electron chi connectivity index (χ1n) is 11.2. The van der Waals surface area contributed by atoms with Gasteiger partial charge in [-0.05, 0) is 80.1 Å². The zero-order chi connectivity index (χ0) is 25.1. The Morgan fingerprint density at radius 3 is 1.29 bits per heavy atom. The van der Waals surface area contributed by atoms with Crippen molar-refractivity contribution in [1.29, 1.82) is 15.8 Å². The largest absolute Gasteiger partial charge is 0.372 e. The zero-order valence-electron chi connectivity index (χ0n) is 19.6. The van der Waals surface area contributed by atoms with Gasteiger partial charge < -0.3 is 4.90 Å². The Hall–Kier alpha value is -4.87. The van der Waals surface area contributed by atoms with Crippen LogP contribution in [0, 0.1) is 39.4 Å². The molecular weight excluding hydrogens is 436 g/mol. The Kier molecular flexibility index (Phi) is 8.38. The van der Waals surface area contributed by atoms with Crippen LogP contribution in [-0.4, -0.2) is 13.1 Å². The lowest BCUT2D eigenvalue weighted by atomic mass is 9.86. The van der Waals surface area contributed by atoms with E-state index in [1.807, 2.05) is 36.4 Å². The van der Waals surface area contributed by atoms with E-state index in [0.29, 0.717) is 22.6 Å². The van der Waals surface area contributed by atoms with Gasteiger partial charge in [-0.15, -0.1) is 0 Å².